The number of carboxylic acids is 1. The molecule has 0 radical (unpaired) electrons. The van der Waals surface area contributed by atoms with Crippen LogP contribution in [-0.4, -0.2) is 39.0 Å². The molecule has 0 spiro atoms. The van der Waals surface area contributed by atoms with Gasteiger partial charge in [0.2, 0.25) is 5.91 Å². The van der Waals surface area contributed by atoms with Gasteiger partial charge in [0.1, 0.15) is 11.8 Å². The summed E-state index contributed by atoms with van der Waals surface area (Å²) in [5.74, 6) is 0.137. The third-order valence-electron chi connectivity index (χ3n) is 7.50. The second kappa shape index (κ2) is 14.6. The molecule has 2 aliphatic heterocycles. The summed E-state index contributed by atoms with van der Waals surface area (Å²) >= 11 is 0. The minimum absolute atomic E-state index is 0.0155. The SMILES string of the molecule is CC(=O)[C@H](Cc1ccccc1)SSCc1ccccc1.CC1Cc2ccccc2C2CCCC(C(=O)O)N2C1=O. The maximum absolute atomic E-state index is 12.6. The van der Waals surface area contributed by atoms with Gasteiger partial charge in [0, 0.05) is 11.7 Å². The van der Waals surface area contributed by atoms with Gasteiger partial charge in [0.15, 0.2) is 0 Å². The van der Waals surface area contributed by atoms with E-state index in [4.69, 9.17) is 0 Å². The third kappa shape index (κ3) is 7.79. The molecular formula is C33H37NO4S2. The van der Waals surface area contributed by atoms with Crippen LogP contribution in [-0.2, 0) is 33.0 Å². The van der Waals surface area contributed by atoms with Crippen molar-refractivity contribution in [3.05, 3.63) is 107 Å². The van der Waals surface area contributed by atoms with Gasteiger partial charge in [-0.1, -0.05) is 113 Å². The first kappa shape index (κ1) is 29.9. The standard InChI is InChI=1S/C17H18OS2.C16H19NO3/c1-14(18)17(12-15-8-4-2-5-9-15)20-19-13-16-10-6-3-7-11-16;1-10-9-11-5-2-3-6-12(11)13-7-4-8-14(16(19)20)17(13)15(10)18/h2-11,17H,12-13H2,1H3;2-3,5-6,10,13-14H,4,7-9H2,1H3,(H,19,20)/t17-;/m0./s1. The molecule has 1 amide bonds. The molecule has 2 heterocycles. The number of carboxylic acid groups (broad SMARTS) is 1. The highest BCUT2D eigenvalue weighted by Gasteiger charge is 2.42. The molecule has 0 saturated carbocycles. The lowest BCUT2D eigenvalue weighted by Gasteiger charge is -2.40. The number of carbonyl (C=O) groups is 3. The predicted molar refractivity (Wildman–Crippen MR) is 164 cm³/mol. The molecule has 40 heavy (non-hydrogen) atoms. The maximum atomic E-state index is 12.6. The zero-order valence-corrected chi connectivity index (χ0v) is 24.7. The first-order valence-corrected chi connectivity index (χ1v) is 16.2. The van der Waals surface area contributed by atoms with Crippen LogP contribution in [0.2, 0.25) is 0 Å². The molecule has 3 aromatic rings. The van der Waals surface area contributed by atoms with Gasteiger partial charge in [-0.05, 0) is 61.3 Å². The molecule has 5 nitrogen and oxygen atoms in total. The number of rotatable bonds is 8. The summed E-state index contributed by atoms with van der Waals surface area (Å²) in [4.78, 5) is 37.5. The van der Waals surface area contributed by atoms with E-state index < -0.39 is 12.0 Å². The molecule has 0 aliphatic carbocycles. The second-order valence-electron chi connectivity index (χ2n) is 10.5. The highest BCUT2D eigenvalue weighted by atomic mass is 33.1. The van der Waals surface area contributed by atoms with E-state index in [0.717, 1.165) is 30.6 Å². The number of ketones is 1. The second-order valence-corrected chi connectivity index (χ2v) is 13.1. The molecule has 1 N–H and O–H groups in total. The van der Waals surface area contributed by atoms with Crippen molar-refractivity contribution >= 4 is 39.2 Å². The fourth-order valence-corrected chi connectivity index (χ4v) is 8.08. The molecule has 0 aromatic heterocycles. The summed E-state index contributed by atoms with van der Waals surface area (Å²) in [6, 6.07) is 27.9. The molecule has 3 unspecified atom stereocenters. The van der Waals surface area contributed by atoms with Crippen molar-refractivity contribution in [1.82, 2.24) is 4.90 Å². The van der Waals surface area contributed by atoms with Crippen molar-refractivity contribution in [2.75, 3.05) is 0 Å². The number of piperidine rings is 1. The minimum Gasteiger partial charge on any atom is -0.480 e. The number of benzene rings is 3. The number of hydrogen-bond acceptors (Lipinski definition) is 5. The smallest absolute Gasteiger partial charge is 0.326 e. The monoisotopic (exact) mass is 575 g/mol. The van der Waals surface area contributed by atoms with Gasteiger partial charge in [0.25, 0.3) is 0 Å². The van der Waals surface area contributed by atoms with Crippen molar-refractivity contribution in [1.29, 1.82) is 0 Å². The molecule has 0 bridgehead atoms. The average Bonchev–Trinajstić information content (AvgIpc) is 3.07. The van der Waals surface area contributed by atoms with Crippen LogP contribution in [0, 0.1) is 5.92 Å². The van der Waals surface area contributed by atoms with Crippen molar-refractivity contribution in [3.8, 4) is 0 Å². The quantitative estimate of drug-likeness (QED) is 0.288. The Hall–Kier alpha value is -3.03. The lowest BCUT2D eigenvalue weighted by molar-refractivity contribution is -0.156. The van der Waals surface area contributed by atoms with E-state index in [1.807, 2.05) is 61.5 Å². The van der Waals surface area contributed by atoms with Crippen LogP contribution in [0.15, 0.2) is 84.9 Å². The largest absolute Gasteiger partial charge is 0.480 e. The van der Waals surface area contributed by atoms with E-state index in [-0.39, 0.29) is 28.9 Å². The number of carbonyl (C=O) groups excluding carboxylic acids is 2. The molecule has 1 fully saturated rings. The molecular weight excluding hydrogens is 539 g/mol. The van der Waals surface area contributed by atoms with Gasteiger partial charge in [0.05, 0.1) is 11.3 Å². The summed E-state index contributed by atoms with van der Waals surface area (Å²) in [6.07, 6.45) is 3.79. The van der Waals surface area contributed by atoms with Crippen LogP contribution >= 0.6 is 21.6 Å². The Balaban J connectivity index is 0.000000185. The normalized spacial score (nSPS) is 20.7. The summed E-state index contributed by atoms with van der Waals surface area (Å²) in [5.41, 5.74) is 4.84. The summed E-state index contributed by atoms with van der Waals surface area (Å²) in [5, 5.41) is 9.46. The molecule has 210 valence electrons. The van der Waals surface area contributed by atoms with E-state index in [1.165, 1.54) is 16.7 Å². The van der Waals surface area contributed by atoms with E-state index in [9.17, 15) is 19.5 Å². The Morgan fingerprint density at radius 1 is 0.925 bits per heavy atom. The highest BCUT2D eigenvalue weighted by molar-refractivity contribution is 8.76. The van der Waals surface area contributed by atoms with E-state index >= 15 is 0 Å². The molecule has 3 aromatic carbocycles. The molecule has 4 atom stereocenters. The van der Waals surface area contributed by atoms with Gasteiger partial charge in [-0.2, -0.15) is 0 Å². The van der Waals surface area contributed by atoms with Crippen LogP contribution < -0.4 is 0 Å². The molecule has 2 aliphatic rings. The van der Waals surface area contributed by atoms with Gasteiger partial charge in [-0.25, -0.2) is 4.79 Å². The lowest BCUT2D eigenvalue weighted by atomic mass is 9.89. The third-order valence-corrected chi connectivity index (χ3v) is 10.3. The molecule has 7 heteroatoms. The molecule has 5 rings (SSSR count). The summed E-state index contributed by atoms with van der Waals surface area (Å²) in [7, 11) is 3.44. The zero-order chi connectivity index (χ0) is 28.5. The Labute approximate surface area is 245 Å². The average molecular weight is 576 g/mol. The Kier molecular flexibility index (Phi) is 10.9. The van der Waals surface area contributed by atoms with Crippen molar-refractivity contribution < 1.29 is 19.5 Å². The number of hydrogen-bond donors (Lipinski definition) is 1. The number of amides is 1. The Bertz CT molecular complexity index is 1280. The van der Waals surface area contributed by atoms with Crippen molar-refractivity contribution in [2.24, 2.45) is 5.92 Å². The van der Waals surface area contributed by atoms with E-state index in [0.29, 0.717) is 12.8 Å². The number of fused-ring (bicyclic) bond motifs is 3. The lowest BCUT2D eigenvalue weighted by Crippen LogP contribution is -2.50. The van der Waals surface area contributed by atoms with Crippen LogP contribution in [0.5, 0.6) is 0 Å². The maximum Gasteiger partial charge on any atom is 0.326 e. The van der Waals surface area contributed by atoms with E-state index in [2.05, 4.69) is 30.3 Å². The van der Waals surface area contributed by atoms with Gasteiger partial charge < -0.3 is 10.0 Å². The Morgan fingerprint density at radius 3 is 2.20 bits per heavy atom. The minimum atomic E-state index is -0.880. The van der Waals surface area contributed by atoms with Crippen LogP contribution in [0.1, 0.15) is 61.4 Å². The fourth-order valence-electron chi connectivity index (χ4n) is 5.40. The van der Waals surface area contributed by atoms with Crippen LogP contribution in [0.25, 0.3) is 0 Å². The first-order valence-electron chi connectivity index (χ1n) is 13.8. The first-order chi connectivity index (χ1) is 19.3. The van der Waals surface area contributed by atoms with Gasteiger partial charge >= 0.3 is 5.97 Å². The van der Waals surface area contributed by atoms with E-state index in [1.54, 1.807) is 33.4 Å². The molecule has 1 saturated heterocycles. The van der Waals surface area contributed by atoms with Crippen LogP contribution in [0.3, 0.4) is 0 Å². The summed E-state index contributed by atoms with van der Waals surface area (Å²) < 4.78 is 0. The summed E-state index contributed by atoms with van der Waals surface area (Å²) in [6.45, 7) is 3.58. The number of aliphatic carboxylic acids is 1. The number of Topliss-reactive ketones (excluding diaryl/α,β-unsaturated/α-hetero) is 1. The Morgan fingerprint density at radius 2 is 1.55 bits per heavy atom. The van der Waals surface area contributed by atoms with Crippen molar-refractivity contribution in [3.63, 3.8) is 0 Å². The van der Waals surface area contributed by atoms with Crippen LogP contribution in [0.4, 0.5) is 0 Å². The highest BCUT2D eigenvalue weighted by Crippen LogP contribution is 2.40. The topological polar surface area (TPSA) is 74.7 Å². The van der Waals surface area contributed by atoms with Crippen molar-refractivity contribution in [2.45, 2.75) is 69.0 Å². The zero-order valence-electron chi connectivity index (χ0n) is 23.1. The fraction of sp³-hybridized carbons (Fsp3) is 0.364. The predicted octanol–water partition coefficient (Wildman–Crippen LogP) is 7.15. The van der Waals surface area contributed by atoms with Gasteiger partial charge in [-0.3, -0.25) is 9.59 Å². The number of nitrogens with zero attached hydrogens (tertiary/aromatic N) is 1. The van der Waals surface area contributed by atoms with Gasteiger partial charge in [-0.15, -0.1) is 0 Å².